The highest BCUT2D eigenvalue weighted by Crippen LogP contribution is 2.03. The molecule has 1 heterocycles. The topological polar surface area (TPSA) is 72.9 Å². The second-order valence-electron chi connectivity index (χ2n) is 3.97. The van der Waals surface area contributed by atoms with Crippen LogP contribution in [-0.4, -0.2) is 21.0 Å². The monoisotopic (exact) mass is 210 g/mol. The lowest BCUT2D eigenvalue weighted by molar-refractivity contribution is -0.123. The van der Waals surface area contributed by atoms with Gasteiger partial charge >= 0.3 is 0 Å². The number of amides is 1. The van der Waals surface area contributed by atoms with Gasteiger partial charge < -0.3 is 10.3 Å². The molecule has 1 aromatic heterocycles. The second kappa shape index (κ2) is 4.44. The number of carbonyl (C=O) groups is 1. The van der Waals surface area contributed by atoms with Gasteiger partial charge in [0.1, 0.15) is 5.82 Å². The van der Waals surface area contributed by atoms with Crippen LogP contribution in [0.3, 0.4) is 0 Å². The summed E-state index contributed by atoms with van der Waals surface area (Å²) < 4.78 is 2.02. The number of nitrogens with zero attached hydrogens (tertiary/aromatic N) is 2. The van der Waals surface area contributed by atoms with Crippen LogP contribution in [0.15, 0.2) is 12.4 Å². The summed E-state index contributed by atoms with van der Waals surface area (Å²) in [5.41, 5.74) is 4.55. The predicted molar refractivity (Wildman–Crippen MR) is 58.0 cm³/mol. The van der Waals surface area contributed by atoms with E-state index in [1.165, 1.54) is 0 Å². The molecule has 0 aromatic carbocycles. The number of hydrogen-bond donors (Lipinski definition) is 2. The maximum atomic E-state index is 11.1. The molecule has 15 heavy (non-hydrogen) atoms. The third-order valence-corrected chi connectivity index (χ3v) is 2.45. The van der Waals surface area contributed by atoms with Crippen LogP contribution in [0.25, 0.3) is 0 Å². The van der Waals surface area contributed by atoms with Gasteiger partial charge in [-0.25, -0.2) is 4.98 Å². The third-order valence-electron chi connectivity index (χ3n) is 2.45. The van der Waals surface area contributed by atoms with E-state index in [1.807, 2.05) is 17.7 Å². The van der Waals surface area contributed by atoms with Crippen molar-refractivity contribution in [2.45, 2.75) is 39.4 Å². The van der Waals surface area contributed by atoms with Crippen molar-refractivity contribution < 1.29 is 4.79 Å². The van der Waals surface area contributed by atoms with E-state index < -0.39 is 5.54 Å². The van der Waals surface area contributed by atoms with Crippen molar-refractivity contribution in [3.8, 4) is 0 Å². The molecule has 0 aliphatic rings. The number of carbonyl (C=O) groups excluding carboxylic acids is 1. The summed E-state index contributed by atoms with van der Waals surface area (Å²) in [5.74, 6) is 0.545. The number of nitrogens with one attached hydrogen (secondary N) is 1. The number of primary amides is 1. The van der Waals surface area contributed by atoms with Crippen LogP contribution in [-0.2, 0) is 17.9 Å². The van der Waals surface area contributed by atoms with Crippen LogP contribution in [0.2, 0.25) is 0 Å². The summed E-state index contributed by atoms with van der Waals surface area (Å²) in [6.45, 7) is 6.97. The molecule has 1 amide bonds. The number of aryl methyl sites for hydroxylation is 1. The molecule has 5 nitrogen and oxygen atoms in total. The van der Waals surface area contributed by atoms with Crippen molar-refractivity contribution in [2.24, 2.45) is 5.73 Å². The van der Waals surface area contributed by atoms with Gasteiger partial charge in [0.05, 0.1) is 12.1 Å². The van der Waals surface area contributed by atoms with E-state index >= 15 is 0 Å². The van der Waals surface area contributed by atoms with Gasteiger partial charge in [0, 0.05) is 18.9 Å². The zero-order valence-electron chi connectivity index (χ0n) is 9.45. The van der Waals surface area contributed by atoms with Gasteiger partial charge in [-0.3, -0.25) is 10.1 Å². The lowest BCUT2D eigenvalue weighted by atomic mass is 10.1. The fourth-order valence-electron chi connectivity index (χ4n) is 1.18. The molecule has 0 saturated heterocycles. The fourth-order valence-corrected chi connectivity index (χ4v) is 1.18. The molecule has 0 radical (unpaired) electrons. The molecule has 84 valence electrons. The zero-order valence-corrected chi connectivity index (χ0v) is 9.45. The maximum absolute atomic E-state index is 11.1. The molecule has 5 heteroatoms. The molecule has 0 bridgehead atoms. The summed E-state index contributed by atoms with van der Waals surface area (Å²) in [7, 11) is 0. The SMILES string of the molecule is CCn1ccnc1CNC(C)(C)C(N)=O. The van der Waals surface area contributed by atoms with Gasteiger partial charge in [0.25, 0.3) is 0 Å². The van der Waals surface area contributed by atoms with Gasteiger partial charge in [0.2, 0.25) is 5.91 Å². The Balaban J connectivity index is 2.61. The maximum Gasteiger partial charge on any atom is 0.237 e. The Bertz CT molecular complexity index is 343. The van der Waals surface area contributed by atoms with E-state index in [-0.39, 0.29) is 5.91 Å². The molecule has 1 aromatic rings. The molecular weight excluding hydrogens is 192 g/mol. The third kappa shape index (κ3) is 2.79. The first kappa shape index (κ1) is 11.7. The van der Waals surface area contributed by atoms with Crippen LogP contribution < -0.4 is 11.1 Å². The Labute approximate surface area is 89.7 Å². The minimum absolute atomic E-state index is 0.364. The molecule has 0 saturated carbocycles. The van der Waals surface area contributed by atoms with Crippen molar-refractivity contribution >= 4 is 5.91 Å². The van der Waals surface area contributed by atoms with Crippen LogP contribution in [0, 0.1) is 0 Å². The van der Waals surface area contributed by atoms with Crippen LogP contribution >= 0.6 is 0 Å². The van der Waals surface area contributed by atoms with Crippen molar-refractivity contribution in [1.29, 1.82) is 0 Å². The van der Waals surface area contributed by atoms with Crippen molar-refractivity contribution in [3.63, 3.8) is 0 Å². The fraction of sp³-hybridized carbons (Fsp3) is 0.600. The lowest BCUT2D eigenvalue weighted by Crippen LogP contribution is -2.50. The van der Waals surface area contributed by atoms with E-state index in [0.717, 1.165) is 12.4 Å². The van der Waals surface area contributed by atoms with Crippen LogP contribution in [0.4, 0.5) is 0 Å². The van der Waals surface area contributed by atoms with Gasteiger partial charge in [-0.15, -0.1) is 0 Å². The molecule has 0 atom stereocenters. The van der Waals surface area contributed by atoms with E-state index in [4.69, 9.17) is 5.73 Å². The van der Waals surface area contributed by atoms with Gasteiger partial charge in [-0.2, -0.15) is 0 Å². The minimum atomic E-state index is -0.704. The number of hydrogen-bond acceptors (Lipinski definition) is 3. The van der Waals surface area contributed by atoms with Crippen molar-refractivity contribution in [1.82, 2.24) is 14.9 Å². The Morgan fingerprint density at radius 3 is 2.87 bits per heavy atom. The average molecular weight is 210 g/mol. The van der Waals surface area contributed by atoms with E-state index in [0.29, 0.717) is 6.54 Å². The molecular formula is C10H18N4O. The molecule has 3 N–H and O–H groups in total. The first-order valence-corrected chi connectivity index (χ1v) is 5.02. The number of nitrogens with two attached hydrogens (primary N) is 1. The van der Waals surface area contributed by atoms with Gasteiger partial charge in [0.15, 0.2) is 0 Å². The van der Waals surface area contributed by atoms with Gasteiger partial charge in [-0.1, -0.05) is 0 Å². The van der Waals surface area contributed by atoms with Crippen LogP contribution in [0.1, 0.15) is 26.6 Å². The summed E-state index contributed by atoms with van der Waals surface area (Å²) in [4.78, 5) is 15.3. The predicted octanol–water partition coefficient (Wildman–Crippen LogP) is 0.256. The number of imidazole rings is 1. The first-order chi connectivity index (χ1) is 6.97. The summed E-state index contributed by atoms with van der Waals surface area (Å²) >= 11 is 0. The molecule has 0 aliphatic carbocycles. The summed E-state index contributed by atoms with van der Waals surface area (Å²) in [6.07, 6.45) is 3.66. The minimum Gasteiger partial charge on any atom is -0.368 e. The lowest BCUT2D eigenvalue weighted by Gasteiger charge is -2.22. The van der Waals surface area contributed by atoms with E-state index in [9.17, 15) is 4.79 Å². The average Bonchev–Trinajstić information content (AvgIpc) is 2.61. The highest BCUT2D eigenvalue weighted by atomic mass is 16.1. The van der Waals surface area contributed by atoms with Gasteiger partial charge in [-0.05, 0) is 20.8 Å². The Morgan fingerprint density at radius 1 is 1.67 bits per heavy atom. The highest BCUT2D eigenvalue weighted by Gasteiger charge is 2.24. The summed E-state index contributed by atoms with van der Waals surface area (Å²) in [5, 5.41) is 3.08. The highest BCUT2D eigenvalue weighted by molar-refractivity contribution is 5.83. The smallest absolute Gasteiger partial charge is 0.237 e. The first-order valence-electron chi connectivity index (χ1n) is 5.02. The number of aromatic nitrogens is 2. The van der Waals surface area contributed by atoms with E-state index in [1.54, 1.807) is 20.0 Å². The Kier molecular flexibility index (Phi) is 3.47. The Morgan fingerprint density at radius 2 is 2.33 bits per heavy atom. The number of rotatable bonds is 5. The summed E-state index contributed by atoms with van der Waals surface area (Å²) in [6, 6.07) is 0. The molecule has 1 rings (SSSR count). The molecule has 0 fully saturated rings. The van der Waals surface area contributed by atoms with Crippen LogP contribution in [0.5, 0.6) is 0 Å². The normalized spacial score (nSPS) is 11.7. The zero-order chi connectivity index (χ0) is 11.5. The molecule has 0 spiro atoms. The largest absolute Gasteiger partial charge is 0.368 e. The molecule has 0 aliphatic heterocycles. The van der Waals surface area contributed by atoms with Crippen molar-refractivity contribution in [2.75, 3.05) is 0 Å². The second-order valence-corrected chi connectivity index (χ2v) is 3.97. The quantitative estimate of drug-likeness (QED) is 0.732. The standard InChI is InChI=1S/C10H18N4O/c1-4-14-6-5-12-8(14)7-13-10(2,3)9(11)15/h5-6,13H,4,7H2,1-3H3,(H2,11,15). The molecule has 0 unspecified atom stereocenters. The van der Waals surface area contributed by atoms with Crippen molar-refractivity contribution in [3.05, 3.63) is 18.2 Å². The Hall–Kier alpha value is -1.36. The van der Waals surface area contributed by atoms with E-state index in [2.05, 4.69) is 10.3 Å².